The highest BCUT2D eigenvalue weighted by Crippen LogP contribution is 2.26. The van der Waals surface area contributed by atoms with Crippen molar-refractivity contribution >= 4 is 17.7 Å². The van der Waals surface area contributed by atoms with E-state index in [-0.39, 0.29) is 0 Å². The zero-order chi connectivity index (χ0) is 7.84. The van der Waals surface area contributed by atoms with E-state index in [2.05, 4.69) is 19.1 Å². The smallest absolute Gasteiger partial charge is 0.0412 e. The molecular formula is C10H9Cl. The minimum absolute atomic E-state index is 0.828. The van der Waals surface area contributed by atoms with Crippen LogP contribution in [0.3, 0.4) is 0 Å². The molecule has 0 saturated heterocycles. The first-order chi connectivity index (χ1) is 5.25. The highest BCUT2D eigenvalue weighted by Gasteiger charge is 2.08. The molecular weight excluding hydrogens is 156 g/mol. The molecule has 1 aliphatic carbocycles. The van der Waals surface area contributed by atoms with Crippen LogP contribution in [0.15, 0.2) is 23.8 Å². The van der Waals surface area contributed by atoms with E-state index in [9.17, 15) is 0 Å². The van der Waals surface area contributed by atoms with Gasteiger partial charge in [0.1, 0.15) is 0 Å². The summed E-state index contributed by atoms with van der Waals surface area (Å²) in [5.74, 6) is 0. The molecule has 2 rings (SSSR count). The maximum Gasteiger partial charge on any atom is 0.0412 e. The third-order valence-corrected chi connectivity index (χ3v) is 2.21. The Bertz CT molecular complexity index is 324. The molecule has 0 aromatic heterocycles. The number of benzene rings is 1. The van der Waals surface area contributed by atoms with E-state index >= 15 is 0 Å². The maximum absolute atomic E-state index is 5.84. The molecule has 0 unspecified atom stereocenters. The third-order valence-electron chi connectivity index (χ3n) is 1.98. The van der Waals surface area contributed by atoms with Gasteiger partial charge in [-0.05, 0) is 36.6 Å². The molecule has 0 nitrogen and oxygen atoms in total. The van der Waals surface area contributed by atoms with Crippen LogP contribution >= 0.6 is 11.6 Å². The number of hydrogen-bond acceptors (Lipinski definition) is 0. The molecule has 1 heteroatoms. The number of fused-ring (bicyclic) bond motifs is 1. The van der Waals surface area contributed by atoms with Gasteiger partial charge in [-0.15, -0.1) is 0 Å². The van der Waals surface area contributed by atoms with Gasteiger partial charge >= 0.3 is 0 Å². The number of halogens is 1. The molecule has 0 aliphatic heterocycles. The monoisotopic (exact) mass is 164 g/mol. The van der Waals surface area contributed by atoms with Gasteiger partial charge in [0.15, 0.2) is 0 Å². The molecule has 1 aromatic carbocycles. The van der Waals surface area contributed by atoms with Crippen molar-refractivity contribution in [3.05, 3.63) is 39.9 Å². The first-order valence-corrected chi connectivity index (χ1v) is 4.09. The summed E-state index contributed by atoms with van der Waals surface area (Å²) < 4.78 is 0. The van der Waals surface area contributed by atoms with Gasteiger partial charge in [0, 0.05) is 5.02 Å². The van der Waals surface area contributed by atoms with Crippen LogP contribution < -0.4 is 0 Å². The first-order valence-electron chi connectivity index (χ1n) is 3.71. The summed E-state index contributed by atoms with van der Waals surface area (Å²) in [7, 11) is 0. The van der Waals surface area contributed by atoms with Crippen LogP contribution in [0.5, 0.6) is 0 Å². The Balaban J connectivity index is 2.54. The Kier molecular flexibility index (Phi) is 1.50. The standard InChI is InChI=1S/C10H9Cl/c1-7-4-8-2-3-10(11)6-9(8)5-7/h2-3,5-6H,4H2,1H3. The highest BCUT2D eigenvalue weighted by molar-refractivity contribution is 6.30. The van der Waals surface area contributed by atoms with E-state index in [0.717, 1.165) is 11.4 Å². The fraction of sp³-hybridized carbons (Fsp3) is 0.200. The number of rotatable bonds is 0. The molecule has 0 spiro atoms. The predicted octanol–water partition coefficient (Wildman–Crippen LogP) is 3.30. The van der Waals surface area contributed by atoms with Crippen LogP contribution in [-0.4, -0.2) is 0 Å². The Morgan fingerprint density at radius 3 is 3.00 bits per heavy atom. The van der Waals surface area contributed by atoms with Gasteiger partial charge in [0.05, 0.1) is 0 Å². The molecule has 11 heavy (non-hydrogen) atoms. The lowest BCUT2D eigenvalue weighted by atomic mass is 10.1. The summed E-state index contributed by atoms with van der Waals surface area (Å²) in [5, 5.41) is 0.828. The average molecular weight is 165 g/mol. The van der Waals surface area contributed by atoms with Gasteiger partial charge < -0.3 is 0 Å². The molecule has 0 radical (unpaired) electrons. The normalized spacial score (nSPS) is 14.5. The van der Waals surface area contributed by atoms with Gasteiger partial charge in [0.25, 0.3) is 0 Å². The minimum atomic E-state index is 0.828. The number of allylic oxidation sites excluding steroid dienone is 1. The first kappa shape index (κ1) is 6.93. The van der Waals surface area contributed by atoms with Crippen molar-refractivity contribution in [2.75, 3.05) is 0 Å². The lowest BCUT2D eigenvalue weighted by Gasteiger charge is -1.96. The largest absolute Gasteiger partial charge is 0.0843 e. The summed E-state index contributed by atoms with van der Waals surface area (Å²) in [5.41, 5.74) is 4.10. The van der Waals surface area contributed by atoms with Gasteiger partial charge in [0.2, 0.25) is 0 Å². The lowest BCUT2D eigenvalue weighted by Crippen LogP contribution is -1.80. The van der Waals surface area contributed by atoms with Crippen LogP contribution in [0.4, 0.5) is 0 Å². The zero-order valence-electron chi connectivity index (χ0n) is 6.39. The molecule has 0 heterocycles. The van der Waals surface area contributed by atoms with Crippen molar-refractivity contribution in [1.82, 2.24) is 0 Å². The van der Waals surface area contributed by atoms with Crippen LogP contribution in [0.2, 0.25) is 5.02 Å². The summed E-state index contributed by atoms with van der Waals surface area (Å²) >= 11 is 5.84. The fourth-order valence-corrected chi connectivity index (χ4v) is 1.66. The van der Waals surface area contributed by atoms with E-state index in [1.54, 1.807) is 0 Å². The predicted molar refractivity (Wildman–Crippen MR) is 48.8 cm³/mol. The van der Waals surface area contributed by atoms with Crippen LogP contribution in [0, 0.1) is 0 Å². The third kappa shape index (κ3) is 1.19. The average Bonchev–Trinajstić information content (AvgIpc) is 2.27. The zero-order valence-corrected chi connectivity index (χ0v) is 7.15. The van der Waals surface area contributed by atoms with Crippen LogP contribution in [0.1, 0.15) is 18.1 Å². The van der Waals surface area contributed by atoms with Crippen molar-refractivity contribution in [2.24, 2.45) is 0 Å². The summed E-state index contributed by atoms with van der Waals surface area (Å²) in [6, 6.07) is 6.07. The van der Waals surface area contributed by atoms with Crippen molar-refractivity contribution in [2.45, 2.75) is 13.3 Å². The van der Waals surface area contributed by atoms with Gasteiger partial charge in [-0.2, -0.15) is 0 Å². The fourth-order valence-electron chi connectivity index (χ4n) is 1.48. The topological polar surface area (TPSA) is 0 Å². The second-order valence-electron chi connectivity index (χ2n) is 3.01. The Hall–Kier alpha value is -0.750. The quantitative estimate of drug-likeness (QED) is 0.552. The SMILES string of the molecule is CC1=Cc2cc(Cl)ccc2C1. The van der Waals surface area contributed by atoms with E-state index in [1.807, 2.05) is 12.1 Å². The lowest BCUT2D eigenvalue weighted by molar-refractivity contribution is 1.20. The second-order valence-corrected chi connectivity index (χ2v) is 3.45. The van der Waals surface area contributed by atoms with E-state index < -0.39 is 0 Å². The van der Waals surface area contributed by atoms with Gasteiger partial charge in [-0.25, -0.2) is 0 Å². The van der Waals surface area contributed by atoms with Gasteiger partial charge in [-0.1, -0.05) is 29.3 Å². The molecule has 56 valence electrons. The van der Waals surface area contributed by atoms with Crippen LogP contribution in [0.25, 0.3) is 6.08 Å². The molecule has 0 amide bonds. The highest BCUT2D eigenvalue weighted by atomic mass is 35.5. The van der Waals surface area contributed by atoms with Crippen molar-refractivity contribution in [1.29, 1.82) is 0 Å². The van der Waals surface area contributed by atoms with Crippen molar-refractivity contribution < 1.29 is 0 Å². The maximum atomic E-state index is 5.84. The van der Waals surface area contributed by atoms with E-state index in [4.69, 9.17) is 11.6 Å². The molecule has 0 fully saturated rings. The van der Waals surface area contributed by atoms with E-state index in [0.29, 0.717) is 0 Å². The Labute approximate surface area is 71.5 Å². The Morgan fingerprint density at radius 1 is 1.36 bits per heavy atom. The minimum Gasteiger partial charge on any atom is -0.0843 e. The van der Waals surface area contributed by atoms with Crippen LogP contribution in [-0.2, 0) is 6.42 Å². The van der Waals surface area contributed by atoms with Crippen molar-refractivity contribution in [3.63, 3.8) is 0 Å². The molecule has 0 N–H and O–H groups in total. The number of hydrogen-bond donors (Lipinski definition) is 0. The molecule has 1 aliphatic rings. The molecule has 0 bridgehead atoms. The second kappa shape index (κ2) is 2.38. The van der Waals surface area contributed by atoms with E-state index in [1.165, 1.54) is 16.7 Å². The van der Waals surface area contributed by atoms with Crippen molar-refractivity contribution in [3.8, 4) is 0 Å². The molecule has 1 aromatic rings. The van der Waals surface area contributed by atoms with Gasteiger partial charge in [-0.3, -0.25) is 0 Å². The molecule has 0 saturated carbocycles. The summed E-state index contributed by atoms with van der Waals surface area (Å²) in [4.78, 5) is 0. The molecule has 0 atom stereocenters. The summed E-state index contributed by atoms with van der Waals surface area (Å²) in [6.45, 7) is 2.15. The summed E-state index contributed by atoms with van der Waals surface area (Å²) in [6.07, 6.45) is 3.29. The Morgan fingerprint density at radius 2 is 2.18 bits per heavy atom.